The Morgan fingerprint density at radius 2 is 1.20 bits per heavy atom. The monoisotopic (exact) mass is 419 g/mol. The van der Waals surface area contributed by atoms with Gasteiger partial charge >= 0.3 is 0 Å². The molecule has 6 N–H and O–H groups in total. The van der Waals surface area contributed by atoms with Crippen LogP contribution in [0.1, 0.15) is 33.3 Å². The summed E-state index contributed by atoms with van der Waals surface area (Å²) in [5.41, 5.74) is 6.20. The molecule has 4 atom stereocenters. The maximum Gasteiger partial charge on any atom is 0.242 e. The molecule has 1 rings (SSSR count). The Bertz CT molecular complexity index is 783. The molecule has 30 heavy (non-hydrogen) atoms. The summed E-state index contributed by atoms with van der Waals surface area (Å²) in [6, 6.07) is 5.39. The van der Waals surface area contributed by atoms with Gasteiger partial charge in [-0.15, -0.1) is 0 Å². The van der Waals surface area contributed by atoms with E-state index in [1.54, 1.807) is 24.3 Å². The lowest BCUT2D eigenvalue weighted by atomic mass is 10.1. The highest BCUT2D eigenvalue weighted by Gasteiger charge is 2.25. The van der Waals surface area contributed by atoms with E-state index in [1.165, 1.54) is 27.7 Å². The first-order valence-electron chi connectivity index (χ1n) is 9.52. The minimum atomic E-state index is -0.970. The van der Waals surface area contributed by atoms with E-state index >= 15 is 0 Å². The molecule has 1 aromatic rings. The van der Waals surface area contributed by atoms with E-state index in [-0.39, 0.29) is 12.3 Å². The maximum atomic E-state index is 12.4. The largest absolute Gasteiger partial charge is 0.368 e. The molecule has 0 aliphatic heterocycles. The lowest BCUT2D eigenvalue weighted by Crippen LogP contribution is -2.56. The third kappa shape index (κ3) is 8.29. The Balaban J connectivity index is 2.60. The van der Waals surface area contributed by atoms with Gasteiger partial charge in [0.2, 0.25) is 29.5 Å². The number of amides is 5. The highest BCUT2D eigenvalue weighted by atomic mass is 16.2. The van der Waals surface area contributed by atoms with Crippen molar-refractivity contribution >= 4 is 29.5 Å². The van der Waals surface area contributed by atoms with Crippen LogP contribution in [0.3, 0.4) is 0 Å². The first-order valence-corrected chi connectivity index (χ1v) is 9.52. The van der Waals surface area contributed by atoms with Gasteiger partial charge in [0, 0.05) is 13.3 Å². The second-order valence-electron chi connectivity index (χ2n) is 7.04. The van der Waals surface area contributed by atoms with Crippen LogP contribution in [0.15, 0.2) is 30.3 Å². The van der Waals surface area contributed by atoms with Crippen molar-refractivity contribution in [3.05, 3.63) is 35.9 Å². The average Bonchev–Trinajstić information content (AvgIpc) is 2.67. The molecule has 0 bridgehead atoms. The fourth-order valence-corrected chi connectivity index (χ4v) is 2.55. The molecule has 0 aliphatic rings. The van der Waals surface area contributed by atoms with Gasteiger partial charge in [-0.1, -0.05) is 30.3 Å². The van der Waals surface area contributed by atoms with Crippen molar-refractivity contribution in [2.24, 2.45) is 5.73 Å². The van der Waals surface area contributed by atoms with Gasteiger partial charge in [0.1, 0.15) is 24.2 Å². The molecule has 10 heteroatoms. The molecule has 0 aliphatic carbocycles. The van der Waals surface area contributed by atoms with Crippen molar-refractivity contribution < 1.29 is 24.0 Å². The van der Waals surface area contributed by atoms with E-state index in [2.05, 4.69) is 21.3 Å². The minimum Gasteiger partial charge on any atom is -0.368 e. The second kappa shape index (κ2) is 11.5. The van der Waals surface area contributed by atoms with E-state index in [9.17, 15) is 24.0 Å². The van der Waals surface area contributed by atoms with Gasteiger partial charge in [0.25, 0.3) is 0 Å². The number of hydrogen-bond donors (Lipinski definition) is 5. The summed E-state index contributed by atoms with van der Waals surface area (Å²) < 4.78 is 0. The van der Waals surface area contributed by atoms with Gasteiger partial charge in [-0.25, -0.2) is 0 Å². The van der Waals surface area contributed by atoms with Crippen molar-refractivity contribution in [1.29, 1.82) is 0 Å². The van der Waals surface area contributed by atoms with E-state index in [4.69, 9.17) is 5.73 Å². The molecule has 0 saturated carbocycles. The van der Waals surface area contributed by atoms with Gasteiger partial charge in [-0.3, -0.25) is 24.0 Å². The fraction of sp³-hybridized carbons (Fsp3) is 0.450. The second-order valence-corrected chi connectivity index (χ2v) is 7.04. The van der Waals surface area contributed by atoms with Gasteiger partial charge in [-0.05, 0) is 26.3 Å². The predicted molar refractivity (Wildman–Crippen MR) is 110 cm³/mol. The summed E-state index contributed by atoms with van der Waals surface area (Å²) in [6.07, 6.45) is 0.218. The minimum absolute atomic E-state index is 0.218. The van der Waals surface area contributed by atoms with Crippen LogP contribution in [-0.2, 0) is 30.4 Å². The topological polar surface area (TPSA) is 159 Å². The zero-order chi connectivity index (χ0) is 22.8. The molecule has 5 amide bonds. The molecule has 10 nitrogen and oxygen atoms in total. The third-order valence-electron chi connectivity index (χ3n) is 4.26. The molecule has 164 valence electrons. The van der Waals surface area contributed by atoms with E-state index in [0.717, 1.165) is 5.56 Å². The van der Waals surface area contributed by atoms with Crippen molar-refractivity contribution in [3.63, 3.8) is 0 Å². The first kappa shape index (κ1) is 24.6. The number of nitrogens with one attached hydrogen (secondary N) is 4. The van der Waals surface area contributed by atoms with Gasteiger partial charge in [0.15, 0.2) is 0 Å². The molecular formula is C20H29N5O5. The van der Waals surface area contributed by atoms with Crippen molar-refractivity contribution in [2.75, 3.05) is 0 Å². The van der Waals surface area contributed by atoms with Crippen LogP contribution in [0.5, 0.6) is 0 Å². The molecule has 0 heterocycles. The number of benzene rings is 1. The Hall–Kier alpha value is -3.43. The summed E-state index contributed by atoms with van der Waals surface area (Å²) in [7, 11) is 0. The van der Waals surface area contributed by atoms with Crippen molar-refractivity contribution in [2.45, 2.75) is 58.3 Å². The van der Waals surface area contributed by atoms with Gasteiger partial charge in [0.05, 0.1) is 0 Å². The summed E-state index contributed by atoms with van der Waals surface area (Å²) in [4.78, 5) is 59.3. The molecular weight excluding hydrogens is 390 g/mol. The number of carbonyl (C=O) groups excluding carboxylic acids is 5. The Morgan fingerprint density at radius 1 is 0.767 bits per heavy atom. The fourth-order valence-electron chi connectivity index (χ4n) is 2.55. The lowest BCUT2D eigenvalue weighted by Gasteiger charge is -2.22. The standard InChI is InChI=1S/C20H29N5O5/c1-11(22-14(4)26)18(28)23-12(2)19(29)24-13(3)20(30)25-16(17(21)27)10-15-8-6-5-7-9-15/h5-9,11-13,16H,10H2,1-4H3,(H2,21,27)(H,22,26)(H,23,28)(H,24,29)(H,25,30)/t11-,12-,13-,16-/m0/s1. The summed E-state index contributed by atoms with van der Waals surface area (Å²) >= 11 is 0. The average molecular weight is 419 g/mol. The number of hydrogen-bond acceptors (Lipinski definition) is 5. The first-order chi connectivity index (χ1) is 14.0. The third-order valence-corrected chi connectivity index (χ3v) is 4.26. The summed E-state index contributed by atoms with van der Waals surface area (Å²) in [6.45, 7) is 5.65. The quantitative estimate of drug-likeness (QED) is 0.319. The van der Waals surface area contributed by atoms with Crippen LogP contribution in [-0.4, -0.2) is 53.7 Å². The molecule has 0 saturated heterocycles. The van der Waals surface area contributed by atoms with Gasteiger partial charge < -0.3 is 27.0 Å². The Morgan fingerprint density at radius 3 is 1.63 bits per heavy atom. The number of carbonyl (C=O) groups is 5. The van der Waals surface area contributed by atoms with Crippen LogP contribution in [0.25, 0.3) is 0 Å². The van der Waals surface area contributed by atoms with Crippen LogP contribution < -0.4 is 27.0 Å². The smallest absolute Gasteiger partial charge is 0.242 e. The number of rotatable bonds is 10. The zero-order valence-electron chi connectivity index (χ0n) is 17.5. The van der Waals surface area contributed by atoms with Crippen molar-refractivity contribution in [1.82, 2.24) is 21.3 Å². The van der Waals surface area contributed by atoms with Crippen molar-refractivity contribution in [3.8, 4) is 0 Å². The normalized spacial score (nSPS) is 14.4. The Kier molecular flexibility index (Phi) is 9.47. The van der Waals surface area contributed by atoms with Crippen LogP contribution in [0, 0.1) is 0 Å². The lowest BCUT2D eigenvalue weighted by molar-refractivity contribution is -0.133. The molecule has 0 unspecified atom stereocenters. The molecule has 1 aromatic carbocycles. The van der Waals surface area contributed by atoms with E-state index in [0.29, 0.717) is 0 Å². The van der Waals surface area contributed by atoms with E-state index in [1.807, 2.05) is 6.07 Å². The highest BCUT2D eigenvalue weighted by Crippen LogP contribution is 2.03. The zero-order valence-corrected chi connectivity index (χ0v) is 17.5. The summed E-state index contributed by atoms with van der Waals surface area (Å²) in [5.74, 6) is -2.80. The molecule has 0 radical (unpaired) electrons. The highest BCUT2D eigenvalue weighted by molar-refractivity contribution is 5.94. The number of nitrogens with two attached hydrogens (primary N) is 1. The van der Waals surface area contributed by atoms with Crippen LogP contribution in [0.4, 0.5) is 0 Å². The summed E-state index contributed by atoms with van der Waals surface area (Å²) in [5, 5.41) is 9.85. The van der Waals surface area contributed by atoms with Crippen LogP contribution >= 0.6 is 0 Å². The Labute approximate surface area is 175 Å². The molecule has 0 spiro atoms. The number of primary amides is 1. The van der Waals surface area contributed by atoms with E-state index < -0.39 is 47.8 Å². The molecule has 0 aromatic heterocycles. The maximum absolute atomic E-state index is 12.4. The molecule has 0 fully saturated rings. The van der Waals surface area contributed by atoms with Gasteiger partial charge in [-0.2, -0.15) is 0 Å². The SMILES string of the molecule is CC(=O)N[C@@H](C)C(=O)N[C@@H](C)C(=O)N[C@@H](C)C(=O)N[C@@H](Cc1ccccc1)C(N)=O. The van der Waals surface area contributed by atoms with Crippen LogP contribution in [0.2, 0.25) is 0 Å². The predicted octanol–water partition coefficient (Wildman–Crippen LogP) is -1.27.